The van der Waals surface area contributed by atoms with E-state index < -0.39 is 77.0 Å². The summed E-state index contributed by atoms with van der Waals surface area (Å²) in [6.45, 7) is 7.40. The maximum Gasteiger partial charge on any atom is 0.410 e. The van der Waals surface area contributed by atoms with Gasteiger partial charge in [0.1, 0.15) is 28.5 Å². The van der Waals surface area contributed by atoms with Crippen LogP contribution >= 0.6 is 7.60 Å². The fourth-order valence-corrected chi connectivity index (χ4v) is 5.36. The van der Waals surface area contributed by atoms with Crippen LogP contribution in [0, 0.1) is 17.0 Å². The molecular formula is C28H36F2N3O9P. The Bertz CT molecular complexity index is 1530. The molecule has 1 aliphatic heterocycles. The van der Waals surface area contributed by atoms with E-state index in [0.717, 1.165) is 25.4 Å². The number of methoxy groups -OCH3 is 1. The molecule has 43 heavy (non-hydrogen) atoms. The summed E-state index contributed by atoms with van der Waals surface area (Å²) in [7, 11) is -3.23. The zero-order valence-corrected chi connectivity index (χ0v) is 25.7. The van der Waals surface area contributed by atoms with Gasteiger partial charge in [-0.15, -0.1) is 0 Å². The van der Waals surface area contributed by atoms with Crippen molar-refractivity contribution in [2.75, 3.05) is 19.8 Å². The molecule has 2 amide bonds. The Hall–Kier alpha value is -3.61. The number of ketones is 1. The van der Waals surface area contributed by atoms with Gasteiger partial charge in [0.05, 0.1) is 24.7 Å². The van der Waals surface area contributed by atoms with Crippen molar-refractivity contribution in [1.82, 2.24) is 14.8 Å². The maximum absolute atomic E-state index is 14.1. The van der Waals surface area contributed by atoms with Crippen LogP contribution < -0.4 is 15.5 Å². The Balaban J connectivity index is 2.04. The minimum absolute atomic E-state index is 0.0277. The van der Waals surface area contributed by atoms with E-state index in [9.17, 15) is 42.3 Å². The first kappa shape index (κ1) is 33.9. The summed E-state index contributed by atoms with van der Waals surface area (Å²) in [5.41, 5.74) is -3.74. The quantitative estimate of drug-likeness (QED) is 0.353. The summed E-state index contributed by atoms with van der Waals surface area (Å²) in [5, 5.41) is 2.41. The van der Waals surface area contributed by atoms with E-state index in [1.807, 2.05) is 0 Å². The molecule has 0 fully saturated rings. The zero-order chi connectivity index (χ0) is 32.5. The van der Waals surface area contributed by atoms with E-state index in [1.165, 1.54) is 9.47 Å². The Morgan fingerprint density at radius 1 is 1.21 bits per heavy atom. The van der Waals surface area contributed by atoms with Crippen LogP contribution in [0.25, 0.3) is 0 Å². The molecule has 1 unspecified atom stereocenters. The van der Waals surface area contributed by atoms with Gasteiger partial charge < -0.3 is 34.0 Å². The minimum Gasteiger partial charge on any atom is -0.491 e. The fraction of sp³-hybridized carbons (Fsp3) is 0.500. The smallest absolute Gasteiger partial charge is 0.410 e. The van der Waals surface area contributed by atoms with Gasteiger partial charge in [-0.25, -0.2) is 13.6 Å². The third-order valence-corrected chi connectivity index (χ3v) is 7.90. The number of ether oxygens (including phenoxy) is 2. The first-order valence-electron chi connectivity index (χ1n) is 13.4. The number of carbonyl (C=O) groups excluding carboxylic acids is 3. The number of fused-ring (bicyclic) bond motifs is 1. The van der Waals surface area contributed by atoms with E-state index in [0.29, 0.717) is 6.07 Å². The third-order valence-electron chi connectivity index (χ3n) is 7.00. The van der Waals surface area contributed by atoms with Crippen molar-refractivity contribution in [2.45, 2.75) is 65.8 Å². The molecule has 3 rings (SSSR count). The van der Waals surface area contributed by atoms with E-state index in [1.54, 1.807) is 34.6 Å². The Labute approximate surface area is 247 Å². The molecule has 0 radical (unpaired) electrons. The van der Waals surface area contributed by atoms with Crippen LogP contribution in [0.4, 0.5) is 13.6 Å². The lowest BCUT2D eigenvalue weighted by molar-refractivity contribution is -0.00429. The number of hydrogen-bond acceptors (Lipinski definition) is 7. The van der Waals surface area contributed by atoms with Crippen LogP contribution in [0.15, 0.2) is 29.2 Å². The summed E-state index contributed by atoms with van der Waals surface area (Å²) in [6.07, 6.45) is -0.291. The lowest BCUT2D eigenvalue weighted by atomic mass is 9.75. The third kappa shape index (κ3) is 7.87. The van der Waals surface area contributed by atoms with Crippen LogP contribution in [-0.2, 0) is 22.4 Å². The highest BCUT2D eigenvalue weighted by molar-refractivity contribution is 7.51. The second kappa shape index (κ2) is 12.6. The number of nitrogens with one attached hydrogen (secondary N) is 1. The van der Waals surface area contributed by atoms with Gasteiger partial charge in [-0.2, -0.15) is 0 Å². The van der Waals surface area contributed by atoms with Crippen molar-refractivity contribution in [2.24, 2.45) is 5.41 Å². The number of halogens is 2. The van der Waals surface area contributed by atoms with Gasteiger partial charge in [0, 0.05) is 37.5 Å². The van der Waals surface area contributed by atoms with E-state index in [-0.39, 0.29) is 37.3 Å². The lowest BCUT2D eigenvalue weighted by Gasteiger charge is -2.45. The van der Waals surface area contributed by atoms with Crippen molar-refractivity contribution in [3.05, 3.63) is 63.1 Å². The first-order valence-corrected chi connectivity index (χ1v) is 15.2. The standard InChI is InChI=1S/C28H36F2N3O9P/c1-27(2,3)42-26(37)33(10-7-11-43(38,39)40)20-15-32-14-18(22(34)23(41-6)21(32)24(35)28(20,4)5)25(36)31-13-16-8-9-17(29)12-19(16)30/h8-9,12,14,20H,7,10-11,13,15H2,1-6H3,(H,31,36)(H2,38,39,40). The van der Waals surface area contributed by atoms with Crippen LogP contribution in [0.1, 0.15) is 67.4 Å². The molecule has 1 aromatic heterocycles. The number of Topliss-reactive ketones (excluding diaryl/α,β-unsaturated/α-hetero) is 1. The zero-order valence-electron chi connectivity index (χ0n) is 24.8. The molecule has 1 aliphatic rings. The number of rotatable bonds is 9. The molecule has 12 nitrogen and oxygen atoms in total. The Morgan fingerprint density at radius 2 is 1.86 bits per heavy atom. The van der Waals surface area contributed by atoms with Gasteiger partial charge in [-0.05, 0) is 33.3 Å². The van der Waals surface area contributed by atoms with Crippen LogP contribution in [-0.4, -0.2) is 68.5 Å². The van der Waals surface area contributed by atoms with Crippen molar-refractivity contribution in [3.8, 4) is 5.75 Å². The molecule has 0 bridgehead atoms. The summed E-state index contributed by atoms with van der Waals surface area (Å²) >= 11 is 0. The van der Waals surface area contributed by atoms with Crippen LogP contribution in [0.5, 0.6) is 5.75 Å². The van der Waals surface area contributed by atoms with Crippen molar-refractivity contribution >= 4 is 25.4 Å². The van der Waals surface area contributed by atoms with E-state index >= 15 is 0 Å². The molecule has 3 N–H and O–H groups in total. The number of amides is 2. The number of carbonyl (C=O) groups is 3. The molecule has 0 spiro atoms. The second-order valence-corrected chi connectivity index (χ2v) is 13.6. The van der Waals surface area contributed by atoms with Gasteiger partial charge >= 0.3 is 13.7 Å². The number of hydrogen-bond donors (Lipinski definition) is 3. The summed E-state index contributed by atoms with van der Waals surface area (Å²) < 4.78 is 51.0. The highest BCUT2D eigenvalue weighted by atomic mass is 31.2. The van der Waals surface area contributed by atoms with E-state index in [2.05, 4.69) is 5.32 Å². The lowest BCUT2D eigenvalue weighted by Crippen LogP contribution is -2.58. The molecule has 236 valence electrons. The summed E-state index contributed by atoms with van der Waals surface area (Å²) in [4.78, 5) is 73.5. The maximum atomic E-state index is 14.1. The van der Waals surface area contributed by atoms with Crippen molar-refractivity contribution in [3.63, 3.8) is 0 Å². The second-order valence-electron chi connectivity index (χ2n) is 11.8. The van der Waals surface area contributed by atoms with Gasteiger partial charge in [0.15, 0.2) is 11.5 Å². The van der Waals surface area contributed by atoms with Crippen LogP contribution in [0.3, 0.4) is 0 Å². The predicted molar refractivity (Wildman–Crippen MR) is 151 cm³/mol. The predicted octanol–water partition coefficient (Wildman–Crippen LogP) is 3.46. The molecule has 1 aromatic carbocycles. The van der Waals surface area contributed by atoms with E-state index in [4.69, 9.17) is 9.47 Å². The fourth-order valence-electron chi connectivity index (χ4n) is 4.80. The summed E-state index contributed by atoms with van der Waals surface area (Å²) in [5.74, 6) is -3.59. The topological polar surface area (TPSA) is 164 Å². The molecule has 0 saturated heterocycles. The first-order chi connectivity index (χ1) is 19.8. The normalized spacial score (nSPS) is 16.3. The van der Waals surface area contributed by atoms with Gasteiger partial charge in [0.25, 0.3) is 5.91 Å². The number of benzene rings is 1. The largest absolute Gasteiger partial charge is 0.491 e. The molecular weight excluding hydrogens is 591 g/mol. The molecule has 2 aromatic rings. The average Bonchev–Trinajstić information content (AvgIpc) is 2.86. The molecule has 15 heteroatoms. The van der Waals surface area contributed by atoms with Gasteiger partial charge in [-0.3, -0.25) is 18.9 Å². The SMILES string of the molecule is COc1c2n(cc(C(=O)NCc3ccc(F)cc3F)c1=O)CC(N(CCCP(=O)(O)O)C(=O)OC(C)(C)C)C(C)(C)C2=O. The number of aromatic nitrogens is 1. The monoisotopic (exact) mass is 627 g/mol. The molecule has 0 aliphatic carbocycles. The van der Waals surface area contributed by atoms with Crippen molar-refractivity contribution in [1.29, 1.82) is 0 Å². The molecule has 0 saturated carbocycles. The summed E-state index contributed by atoms with van der Waals surface area (Å²) in [6, 6.07) is 1.89. The van der Waals surface area contributed by atoms with Crippen molar-refractivity contribution < 1.29 is 47.0 Å². The van der Waals surface area contributed by atoms with Gasteiger partial charge in [-0.1, -0.05) is 19.9 Å². The Morgan fingerprint density at radius 3 is 2.42 bits per heavy atom. The highest BCUT2D eigenvalue weighted by Gasteiger charge is 2.49. The molecule has 2 heterocycles. The number of nitrogens with zero attached hydrogens (tertiary/aromatic N) is 2. The van der Waals surface area contributed by atoms with Crippen LogP contribution in [0.2, 0.25) is 0 Å². The molecule has 1 atom stereocenters. The van der Waals surface area contributed by atoms with Gasteiger partial charge in [0.2, 0.25) is 5.43 Å². The number of pyridine rings is 1. The highest BCUT2D eigenvalue weighted by Crippen LogP contribution is 2.39. The Kier molecular flexibility index (Phi) is 9.89. The minimum atomic E-state index is -4.39. The average molecular weight is 628 g/mol.